The molecule has 1 atom stereocenters. The van der Waals surface area contributed by atoms with Gasteiger partial charge in [-0.05, 0) is 37.1 Å². The third-order valence-electron chi connectivity index (χ3n) is 2.63. The molecule has 1 aromatic carbocycles. The van der Waals surface area contributed by atoms with Crippen molar-refractivity contribution in [2.75, 3.05) is 32.2 Å². The minimum Gasteiger partial charge on any atom is -0.383 e. The molecule has 1 aromatic rings. The molecule has 0 aliphatic heterocycles. The maximum Gasteiger partial charge on any atom is 0.0637 e. The van der Waals surface area contributed by atoms with Crippen molar-refractivity contribution in [2.24, 2.45) is 5.73 Å². The molecule has 0 saturated carbocycles. The van der Waals surface area contributed by atoms with Crippen LogP contribution in [-0.4, -0.2) is 33.4 Å². The van der Waals surface area contributed by atoms with Gasteiger partial charge in [0.2, 0.25) is 0 Å². The summed E-state index contributed by atoms with van der Waals surface area (Å²) in [6, 6.07) is 6.49. The summed E-state index contributed by atoms with van der Waals surface area (Å²) in [6.45, 7) is 3.63. The number of nitrogens with zero attached hydrogens (tertiary/aromatic N) is 1. The summed E-state index contributed by atoms with van der Waals surface area (Å²) in [6.07, 6.45) is 0.881. The predicted molar refractivity (Wildman–Crippen MR) is 76.6 cm³/mol. The van der Waals surface area contributed by atoms with Gasteiger partial charge >= 0.3 is 0 Å². The first-order valence-corrected chi connectivity index (χ1v) is 6.58. The Morgan fingerprint density at radius 3 is 2.76 bits per heavy atom. The summed E-state index contributed by atoms with van der Waals surface area (Å²) in [5, 5.41) is 0. The van der Waals surface area contributed by atoms with E-state index in [9.17, 15) is 0 Å². The molecule has 0 bridgehead atoms. The normalized spacial score (nSPS) is 12.5. The molecule has 0 fully saturated rings. The maximum absolute atomic E-state index is 5.89. The average molecular weight is 301 g/mol. The second-order valence-electron chi connectivity index (χ2n) is 4.37. The van der Waals surface area contributed by atoms with Gasteiger partial charge in [-0.25, -0.2) is 0 Å². The highest BCUT2D eigenvalue weighted by Crippen LogP contribution is 2.24. The molecule has 0 aliphatic rings. The van der Waals surface area contributed by atoms with Crippen LogP contribution in [0.25, 0.3) is 0 Å². The zero-order valence-corrected chi connectivity index (χ0v) is 12.3. The number of nitrogens with two attached hydrogens (primary N) is 1. The molecule has 0 radical (unpaired) electrons. The third-order valence-corrected chi connectivity index (χ3v) is 3.12. The lowest BCUT2D eigenvalue weighted by Gasteiger charge is -2.23. The van der Waals surface area contributed by atoms with E-state index in [1.807, 2.05) is 6.92 Å². The molecular weight excluding hydrogens is 280 g/mol. The minimum atomic E-state index is 0.166. The Morgan fingerprint density at radius 1 is 1.47 bits per heavy atom. The molecule has 3 nitrogen and oxygen atoms in total. The first-order chi connectivity index (χ1) is 8.04. The zero-order chi connectivity index (χ0) is 12.8. The fourth-order valence-electron chi connectivity index (χ4n) is 1.79. The smallest absolute Gasteiger partial charge is 0.0637 e. The second-order valence-corrected chi connectivity index (χ2v) is 5.28. The fraction of sp³-hybridized carbons (Fsp3) is 0.538. The van der Waals surface area contributed by atoms with Crippen molar-refractivity contribution in [1.29, 1.82) is 0 Å². The van der Waals surface area contributed by atoms with E-state index in [0.29, 0.717) is 0 Å². The maximum atomic E-state index is 5.89. The van der Waals surface area contributed by atoms with Crippen LogP contribution >= 0.6 is 15.9 Å². The molecule has 0 saturated heterocycles. The van der Waals surface area contributed by atoms with E-state index in [1.165, 1.54) is 11.3 Å². The molecule has 4 heteroatoms. The van der Waals surface area contributed by atoms with Gasteiger partial charge in [-0.3, -0.25) is 0 Å². The van der Waals surface area contributed by atoms with Crippen LogP contribution in [0.15, 0.2) is 22.7 Å². The van der Waals surface area contributed by atoms with Gasteiger partial charge in [0, 0.05) is 36.9 Å². The van der Waals surface area contributed by atoms with Crippen LogP contribution in [-0.2, 0) is 11.2 Å². The number of rotatable bonds is 6. The molecule has 0 amide bonds. The summed E-state index contributed by atoms with van der Waals surface area (Å²) in [5.74, 6) is 0. The van der Waals surface area contributed by atoms with Crippen LogP contribution in [0.4, 0.5) is 5.69 Å². The Kier molecular flexibility index (Phi) is 5.95. The van der Waals surface area contributed by atoms with Crippen molar-refractivity contribution in [2.45, 2.75) is 19.4 Å². The molecule has 1 unspecified atom stereocenters. The van der Waals surface area contributed by atoms with E-state index in [-0.39, 0.29) is 6.04 Å². The lowest BCUT2D eigenvalue weighted by Crippen LogP contribution is -2.25. The second kappa shape index (κ2) is 6.99. The molecule has 0 spiro atoms. The molecule has 0 aromatic heterocycles. The standard InChI is InChI=1S/C13H21BrN2O/c1-10(15)8-11-9-12(14)4-5-13(11)16(2)6-7-17-3/h4-5,9-10H,6-8,15H2,1-3H3. The van der Waals surface area contributed by atoms with Crippen LogP contribution in [0.3, 0.4) is 0 Å². The van der Waals surface area contributed by atoms with E-state index in [4.69, 9.17) is 10.5 Å². The minimum absolute atomic E-state index is 0.166. The molecule has 1 rings (SSSR count). The first-order valence-electron chi connectivity index (χ1n) is 5.78. The summed E-state index contributed by atoms with van der Waals surface area (Å²) in [7, 11) is 3.80. The van der Waals surface area contributed by atoms with Crippen molar-refractivity contribution in [1.82, 2.24) is 0 Å². The van der Waals surface area contributed by atoms with E-state index < -0.39 is 0 Å². The van der Waals surface area contributed by atoms with Crippen LogP contribution in [0.5, 0.6) is 0 Å². The Bertz CT molecular complexity index is 355. The lowest BCUT2D eigenvalue weighted by atomic mass is 10.0. The quantitative estimate of drug-likeness (QED) is 0.877. The number of ether oxygens (including phenoxy) is 1. The Balaban J connectivity index is 2.88. The Hall–Kier alpha value is -0.580. The van der Waals surface area contributed by atoms with E-state index >= 15 is 0 Å². The van der Waals surface area contributed by atoms with Gasteiger partial charge in [0.15, 0.2) is 0 Å². The molecule has 96 valence electrons. The fourth-order valence-corrected chi connectivity index (χ4v) is 2.19. The Morgan fingerprint density at radius 2 is 2.18 bits per heavy atom. The zero-order valence-electron chi connectivity index (χ0n) is 10.7. The SMILES string of the molecule is COCCN(C)c1ccc(Br)cc1CC(C)N. The summed E-state index contributed by atoms with van der Waals surface area (Å²) in [4.78, 5) is 2.20. The number of anilines is 1. The number of halogens is 1. The number of hydrogen-bond acceptors (Lipinski definition) is 3. The van der Waals surface area contributed by atoms with Crippen molar-refractivity contribution >= 4 is 21.6 Å². The highest BCUT2D eigenvalue weighted by atomic mass is 79.9. The molecular formula is C13H21BrN2O. The van der Waals surface area contributed by atoms with Gasteiger partial charge < -0.3 is 15.4 Å². The highest BCUT2D eigenvalue weighted by molar-refractivity contribution is 9.10. The highest BCUT2D eigenvalue weighted by Gasteiger charge is 2.09. The predicted octanol–water partition coefficient (Wildman–Crippen LogP) is 2.42. The monoisotopic (exact) mass is 300 g/mol. The third kappa shape index (κ3) is 4.66. The topological polar surface area (TPSA) is 38.5 Å². The van der Waals surface area contributed by atoms with Gasteiger partial charge in [0.05, 0.1) is 6.61 Å². The van der Waals surface area contributed by atoms with E-state index in [1.54, 1.807) is 7.11 Å². The van der Waals surface area contributed by atoms with Crippen molar-refractivity contribution in [3.63, 3.8) is 0 Å². The average Bonchev–Trinajstić information content (AvgIpc) is 2.25. The van der Waals surface area contributed by atoms with E-state index in [2.05, 4.69) is 46.1 Å². The van der Waals surface area contributed by atoms with Gasteiger partial charge in [0.1, 0.15) is 0 Å². The summed E-state index contributed by atoms with van der Waals surface area (Å²) >= 11 is 3.50. The molecule has 17 heavy (non-hydrogen) atoms. The van der Waals surface area contributed by atoms with Crippen LogP contribution in [0.2, 0.25) is 0 Å². The van der Waals surface area contributed by atoms with Gasteiger partial charge in [-0.1, -0.05) is 15.9 Å². The number of likely N-dealkylation sites (N-methyl/N-ethyl adjacent to an activating group) is 1. The van der Waals surface area contributed by atoms with Crippen LogP contribution in [0, 0.1) is 0 Å². The van der Waals surface area contributed by atoms with Crippen molar-refractivity contribution < 1.29 is 4.74 Å². The summed E-state index contributed by atoms with van der Waals surface area (Å²) in [5.41, 5.74) is 8.38. The van der Waals surface area contributed by atoms with Gasteiger partial charge in [-0.15, -0.1) is 0 Å². The number of benzene rings is 1. The van der Waals surface area contributed by atoms with Gasteiger partial charge in [0.25, 0.3) is 0 Å². The van der Waals surface area contributed by atoms with E-state index in [0.717, 1.165) is 24.0 Å². The van der Waals surface area contributed by atoms with Crippen molar-refractivity contribution in [3.05, 3.63) is 28.2 Å². The Labute approximate surface area is 112 Å². The first kappa shape index (κ1) is 14.5. The molecule has 0 heterocycles. The number of methoxy groups -OCH3 is 1. The van der Waals surface area contributed by atoms with Gasteiger partial charge in [-0.2, -0.15) is 0 Å². The van der Waals surface area contributed by atoms with Crippen LogP contribution in [0.1, 0.15) is 12.5 Å². The molecule has 2 N–H and O–H groups in total. The van der Waals surface area contributed by atoms with Crippen molar-refractivity contribution in [3.8, 4) is 0 Å². The lowest BCUT2D eigenvalue weighted by molar-refractivity contribution is 0.206. The van der Waals surface area contributed by atoms with Crippen LogP contribution < -0.4 is 10.6 Å². The summed E-state index contributed by atoms with van der Waals surface area (Å²) < 4.78 is 6.20. The molecule has 0 aliphatic carbocycles. The largest absolute Gasteiger partial charge is 0.383 e. The number of hydrogen-bond donors (Lipinski definition) is 1.